The molecule has 1 saturated carbocycles. The van der Waals surface area contributed by atoms with Crippen molar-refractivity contribution in [2.24, 2.45) is 15.9 Å². The van der Waals surface area contributed by atoms with Gasteiger partial charge >= 0.3 is 0 Å². The highest BCUT2D eigenvalue weighted by Crippen LogP contribution is 2.53. The highest BCUT2D eigenvalue weighted by molar-refractivity contribution is 8.18. The fourth-order valence-electron chi connectivity index (χ4n) is 5.71. The molecule has 1 fully saturated rings. The van der Waals surface area contributed by atoms with E-state index in [-0.39, 0.29) is 11.6 Å². The Bertz CT molecular complexity index is 1880. The molecule has 41 heavy (non-hydrogen) atoms. The summed E-state index contributed by atoms with van der Waals surface area (Å²) in [4.78, 5) is 16.0. The lowest BCUT2D eigenvalue weighted by atomic mass is 10.1. The number of thiophene rings is 2. The van der Waals surface area contributed by atoms with Crippen molar-refractivity contribution in [1.82, 2.24) is 9.80 Å². The number of hydrogen-bond donors (Lipinski definition) is 0. The molecular weight excluding hydrogens is 595 g/mol. The van der Waals surface area contributed by atoms with Crippen LogP contribution >= 0.6 is 46.2 Å². The number of thioether (sulfide) groups is 2. The molecule has 1 aliphatic carbocycles. The van der Waals surface area contributed by atoms with Gasteiger partial charge in [0.15, 0.2) is 10.3 Å². The van der Waals surface area contributed by atoms with Gasteiger partial charge in [-0.3, -0.25) is 9.98 Å². The van der Waals surface area contributed by atoms with Gasteiger partial charge in [-0.05, 0) is 88.5 Å². The van der Waals surface area contributed by atoms with Gasteiger partial charge in [0.1, 0.15) is 11.6 Å². The van der Waals surface area contributed by atoms with Crippen molar-refractivity contribution >= 4 is 88.1 Å². The van der Waals surface area contributed by atoms with E-state index < -0.39 is 0 Å². The van der Waals surface area contributed by atoms with E-state index in [0.717, 1.165) is 78.4 Å². The summed E-state index contributed by atoms with van der Waals surface area (Å²) in [5, 5.41) is 7.95. The van der Waals surface area contributed by atoms with Gasteiger partial charge in [0.2, 0.25) is 0 Å². The molecule has 0 saturated heterocycles. The maximum atomic E-state index is 14.4. The number of allylic oxidation sites excluding steroid dienone is 2. The third-order valence-electron chi connectivity index (χ3n) is 7.70. The summed E-state index contributed by atoms with van der Waals surface area (Å²) in [6.45, 7) is 7.31. The smallest absolute Gasteiger partial charge is 0.168 e. The Hall–Kier alpha value is -2.92. The Kier molecular flexibility index (Phi) is 6.36. The lowest BCUT2D eigenvalue weighted by Crippen LogP contribution is -2.20. The minimum absolute atomic E-state index is 0.102. The van der Waals surface area contributed by atoms with Gasteiger partial charge < -0.3 is 9.80 Å². The van der Waals surface area contributed by atoms with Crippen molar-refractivity contribution in [2.45, 2.75) is 12.8 Å². The fraction of sp³-hybridized carbons (Fsp3) is 0.226. The number of rotatable bonds is 4. The molecule has 206 valence electrons. The van der Waals surface area contributed by atoms with E-state index in [2.05, 4.69) is 38.5 Å². The average molecular weight is 619 g/mol. The van der Waals surface area contributed by atoms with Gasteiger partial charge in [0.25, 0.3) is 0 Å². The Morgan fingerprint density at radius 2 is 1.34 bits per heavy atom. The first-order chi connectivity index (χ1) is 20.1. The average Bonchev–Trinajstić information content (AvgIpc) is 3.57. The van der Waals surface area contributed by atoms with Crippen LogP contribution in [0, 0.1) is 17.6 Å². The van der Waals surface area contributed by atoms with Crippen LogP contribution in [-0.4, -0.2) is 46.3 Å². The highest BCUT2D eigenvalue weighted by atomic mass is 32.2. The Balaban J connectivity index is 0.000000125. The molecule has 6 heterocycles. The van der Waals surface area contributed by atoms with Crippen molar-refractivity contribution < 1.29 is 8.78 Å². The van der Waals surface area contributed by atoms with Crippen LogP contribution in [0.4, 0.5) is 8.78 Å². The zero-order valence-corrected chi connectivity index (χ0v) is 25.2. The second-order valence-electron chi connectivity index (χ2n) is 10.3. The summed E-state index contributed by atoms with van der Waals surface area (Å²) >= 11 is 6.33. The van der Waals surface area contributed by atoms with Crippen LogP contribution in [-0.2, 0) is 0 Å². The van der Waals surface area contributed by atoms with E-state index >= 15 is 0 Å². The number of benzene rings is 2. The van der Waals surface area contributed by atoms with Gasteiger partial charge in [-0.2, -0.15) is 0 Å². The monoisotopic (exact) mass is 618 g/mol. The van der Waals surface area contributed by atoms with Crippen LogP contribution in [0.3, 0.4) is 0 Å². The first-order valence-electron chi connectivity index (χ1n) is 13.5. The van der Waals surface area contributed by atoms with Crippen molar-refractivity contribution in [3.05, 3.63) is 92.4 Å². The molecule has 0 radical (unpaired) electrons. The largest absolute Gasteiger partial charge is 0.318 e. The quantitative estimate of drug-likeness (QED) is 0.229. The van der Waals surface area contributed by atoms with Gasteiger partial charge in [-0.15, -0.1) is 22.7 Å². The van der Waals surface area contributed by atoms with E-state index in [9.17, 15) is 8.78 Å². The Labute approximate surface area is 252 Å². The summed E-state index contributed by atoms with van der Waals surface area (Å²) in [5.41, 5.74) is 4.17. The van der Waals surface area contributed by atoms with Gasteiger partial charge in [0.05, 0.1) is 33.9 Å². The molecule has 10 heteroatoms. The van der Waals surface area contributed by atoms with Crippen LogP contribution in [0.15, 0.2) is 79.6 Å². The minimum atomic E-state index is -0.155. The number of hydrogen-bond acceptors (Lipinski definition) is 8. The van der Waals surface area contributed by atoms with Gasteiger partial charge in [-0.25, -0.2) is 8.78 Å². The summed E-state index contributed by atoms with van der Waals surface area (Å²) in [5.74, 6) is 0.410. The Morgan fingerprint density at radius 1 is 0.780 bits per heavy atom. The molecule has 9 rings (SSSR count). The molecule has 0 amide bonds. The van der Waals surface area contributed by atoms with Gasteiger partial charge in [0, 0.05) is 34.0 Å². The zero-order valence-electron chi connectivity index (χ0n) is 21.9. The lowest BCUT2D eigenvalue weighted by molar-refractivity contribution is 0.632. The molecule has 4 aromatic rings. The molecule has 0 atom stereocenters. The maximum Gasteiger partial charge on any atom is 0.168 e. The molecule has 5 aliphatic rings. The number of amidine groups is 2. The first-order valence-corrected chi connectivity index (χ1v) is 16.9. The fourth-order valence-corrected chi connectivity index (χ4v) is 9.71. The van der Waals surface area contributed by atoms with Gasteiger partial charge in [-0.1, -0.05) is 24.4 Å². The standard InChI is InChI=1S/C16H13FN2S2.C15H11FN2S2/c17-12-8-11(7-10-3-6-20-14(10)12)13-15(9-1-2-9)21-16-18-4-5-19(13)16;1-2-12-13(18-5-4-17-15(18)20-12)10-7-9-3-6-19-14(9)11(16)8-10/h3,6-9H,1-2,4-5H2;2-3,6-8H,1,4-5H2. The second-order valence-corrected chi connectivity index (χ2v) is 14.2. The minimum Gasteiger partial charge on any atom is -0.318 e. The SMILES string of the molecule is C=CC1=C(c2cc(F)c3sccc3c2)N2CCN=C2S1.Fc1cc(C2=C(C3CC3)SC3=NCCN32)cc2ccsc12. The number of nitrogens with zero attached hydrogens (tertiary/aromatic N) is 4. The van der Waals surface area contributed by atoms with E-state index in [1.54, 1.807) is 35.7 Å². The number of aliphatic imine (C=N–C) groups is 2. The molecule has 4 nitrogen and oxygen atoms in total. The van der Waals surface area contributed by atoms with Crippen LogP contribution in [0.25, 0.3) is 31.6 Å². The number of fused-ring (bicyclic) bond motifs is 4. The van der Waals surface area contributed by atoms with Crippen LogP contribution in [0.2, 0.25) is 0 Å². The molecule has 0 bridgehead atoms. The normalized spacial score (nSPS) is 19.7. The molecule has 4 aliphatic heterocycles. The molecule has 2 aromatic carbocycles. The molecule has 0 unspecified atom stereocenters. The van der Waals surface area contributed by atoms with Crippen molar-refractivity contribution in [3.8, 4) is 0 Å². The lowest BCUT2D eigenvalue weighted by Gasteiger charge is -2.17. The van der Waals surface area contributed by atoms with Crippen LogP contribution < -0.4 is 0 Å². The van der Waals surface area contributed by atoms with Crippen molar-refractivity contribution in [3.63, 3.8) is 0 Å². The Morgan fingerprint density at radius 3 is 1.93 bits per heavy atom. The molecule has 0 N–H and O–H groups in total. The predicted octanol–water partition coefficient (Wildman–Crippen LogP) is 8.85. The number of halogens is 2. The molecular formula is C31H24F2N4S4. The van der Waals surface area contributed by atoms with E-state index in [1.807, 2.05) is 29.0 Å². The maximum absolute atomic E-state index is 14.4. The topological polar surface area (TPSA) is 31.2 Å². The molecule has 0 spiro atoms. The second kappa shape index (κ2) is 10.1. The van der Waals surface area contributed by atoms with Crippen molar-refractivity contribution in [2.75, 3.05) is 26.2 Å². The summed E-state index contributed by atoms with van der Waals surface area (Å²) in [7, 11) is 0. The van der Waals surface area contributed by atoms with Crippen LogP contribution in [0.5, 0.6) is 0 Å². The predicted molar refractivity (Wildman–Crippen MR) is 174 cm³/mol. The van der Waals surface area contributed by atoms with E-state index in [4.69, 9.17) is 0 Å². The van der Waals surface area contributed by atoms with Crippen molar-refractivity contribution in [1.29, 1.82) is 0 Å². The van der Waals surface area contributed by atoms with E-state index in [1.165, 1.54) is 46.1 Å². The third kappa shape index (κ3) is 4.38. The summed E-state index contributed by atoms with van der Waals surface area (Å²) < 4.78 is 30.0. The highest BCUT2D eigenvalue weighted by Gasteiger charge is 2.40. The van der Waals surface area contributed by atoms with Crippen LogP contribution in [0.1, 0.15) is 24.0 Å². The third-order valence-corrected chi connectivity index (χ3v) is 12.0. The summed E-state index contributed by atoms with van der Waals surface area (Å²) in [6.07, 6.45) is 4.35. The zero-order chi connectivity index (χ0) is 27.7. The molecule has 2 aromatic heterocycles. The van der Waals surface area contributed by atoms with E-state index in [0.29, 0.717) is 5.92 Å². The summed E-state index contributed by atoms with van der Waals surface area (Å²) in [6, 6.07) is 11.5. The first kappa shape index (κ1) is 25.8.